The highest BCUT2D eigenvalue weighted by molar-refractivity contribution is 14.1. The molecule has 1 heterocycles. The van der Waals surface area contributed by atoms with Crippen molar-refractivity contribution in [1.82, 2.24) is 15.0 Å². The van der Waals surface area contributed by atoms with Crippen LogP contribution in [0, 0.1) is 10.5 Å². The van der Waals surface area contributed by atoms with Gasteiger partial charge < -0.3 is 11.1 Å². The van der Waals surface area contributed by atoms with E-state index in [1.54, 1.807) is 6.20 Å². The Kier molecular flexibility index (Phi) is 4.48. The lowest BCUT2D eigenvalue weighted by molar-refractivity contribution is -0.116. The lowest BCUT2D eigenvalue weighted by Crippen LogP contribution is -2.19. The second-order valence-electron chi connectivity index (χ2n) is 4.12. The molecular weight excluding hydrogens is 357 g/mol. The molecule has 0 unspecified atom stereocenters. The number of carbonyl (C=O) groups is 1. The Morgan fingerprint density at radius 1 is 1.53 bits per heavy atom. The fourth-order valence-electron chi connectivity index (χ4n) is 1.53. The van der Waals surface area contributed by atoms with E-state index in [0.717, 1.165) is 9.26 Å². The number of benzene rings is 1. The monoisotopic (exact) mass is 371 g/mol. The van der Waals surface area contributed by atoms with Crippen molar-refractivity contribution in [3.05, 3.63) is 39.2 Å². The number of halogens is 1. The van der Waals surface area contributed by atoms with Gasteiger partial charge in [-0.3, -0.25) is 4.79 Å². The predicted molar refractivity (Wildman–Crippen MR) is 80.4 cm³/mol. The summed E-state index contributed by atoms with van der Waals surface area (Å²) in [6, 6.07) is 5.78. The lowest BCUT2D eigenvalue weighted by atomic mass is 10.2. The first-order valence-electron chi connectivity index (χ1n) is 5.73. The largest absolute Gasteiger partial charge is 0.325 e. The molecular formula is C12H14IN5O. The van der Waals surface area contributed by atoms with Crippen molar-refractivity contribution in [2.75, 3.05) is 5.32 Å². The molecule has 19 heavy (non-hydrogen) atoms. The van der Waals surface area contributed by atoms with E-state index in [9.17, 15) is 4.79 Å². The van der Waals surface area contributed by atoms with Crippen molar-refractivity contribution < 1.29 is 4.79 Å². The molecule has 1 aromatic heterocycles. The number of nitrogens with one attached hydrogen (secondary N) is 1. The zero-order valence-electron chi connectivity index (χ0n) is 10.4. The Balaban J connectivity index is 1.98. The van der Waals surface area contributed by atoms with E-state index in [1.165, 1.54) is 10.2 Å². The maximum absolute atomic E-state index is 11.8. The number of rotatable bonds is 4. The molecule has 0 saturated carbocycles. The molecule has 0 spiro atoms. The third kappa shape index (κ3) is 3.74. The summed E-state index contributed by atoms with van der Waals surface area (Å²) in [5.41, 5.74) is 8.06. The van der Waals surface area contributed by atoms with E-state index >= 15 is 0 Å². The van der Waals surface area contributed by atoms with Gasteiger partial charge in [-0.25, -0.2) is 4.68 Å². The molecule has 0 aliphatic rings. The Morgan fingerprint density at radius 2 is 2.32 bits per heavy atom. The summed E-state index contributed by atoms with van der Waals surface area (Å²) in [4.78, 5) is 11.8. The topological polar surface area (TPSA) is 85.8 Å². The Hall–Kier alpha value is -1.48. The fraction of sp³-hybridized carbons (Fsp3) is 0.250. The van der Waals surface area contributed by atoms with Crippen LogP contribution in [0.4, 0.5) is 5.69 Å². The zero-order valence-corrected chi connectivity index (χ0v) is 12.6. The third-order valence-electron chi connectivity index (χ3n) is 2.56. The van der Waals surface area contributed by atoms with Gasteiger partial charge in [0.2, 0.25) is 5.91 Å². The zero-order chi connectivity index (χ0) is 13.8. The first kappa shape index (κ1) is 13.9. The number of nitrogens with zero attached hydrogens (tertiary/aromatic N) is 3. The first-order chi connectivity index (χ1) is 9.08. The van der Waals surface area contributed by atoms with Crippen molar-refractivity contribution >= 4 is 34.2 Å². The molecule has 0 aliphatic heterocycles. The van der Waals surface area contributed by atoms with Crippen LogP contribution >= 0.6 is 22.6 Å². The molecule has 2 rings (SSSR count). The van der Waals surface area contributed by atoms with E-state index in [0.29, 0.717) is 12.2 Å². The second-order valence-corrected chi connectivity index (χ2v) is 5.29. The van der Waals surface area contributed by atoms with Crippen molar-refractivity contribution in [2.45, 2.75) is 20.0 Å². The summed E-state index contributed by atoms with van der Waals surface area (Å²) in [6.07, 6.45) is 1.67. The normalized spacial score (nSPS) is 10.5. The molecule has 0 aliphatic carbocycles. The van der Waals surface area contributed by atoms with E-state index in [2.05, 4.69) is 38.2 Å². The highest BCUT2D eigenvalue weighted by Gasteiger charge is 2.06. The number of aryl methyl sites for hydroxylation is 1. The van der Waals surface area contributed by atoms with Crippen LogP contribution in [0.25, 0.3) is 0 Å². The van der Waals surface area contributed by atoms with E-state index in [4.69, 9.17) is 5.73 Å². The van der Waals surface area contributed by atoms with Crippen LogP contribution in [0.15, 0.2) is 24.4 Å². The van der Waals surface area contributed by atoms with Gasteiger partial charge in [-0.1, -0.05) is 11.3 Å². The number of hydrogen-bond donors (Lipinski definition) is 2. The molecule has 6 nitrogen and oxygen atoms in total. The molecule has 100 valence electrons. The molecule has 3 N–H and O–H groups in total. The summed E-state index contributed by atoms with van der Waals surface area (Å²) in [6.45, 7) is 2.46. The van der Waals surface area contributed by atoms with Crippen molar-refractivity contribution in [1.29, 1.82) is 0 Å². The fourth-order valence-corrected chi connectivity index (χ4v) is 2.04. The number of anilines is 1. The van der Waals surface area contributed by atoms with E-state index in [1.807, 2.05) is 25.1 Å². The smallest absolute Gasteiger partial charge is 0.246 e. The minimum absolute atomic E-state index is 0.122. The van der Waals surface area contributed by atoms with E-state index < -0.39 is 0 Å². The number of carbonyl (C=O) groups excluding carboxylic acids is 1. The standard InChI is InChI=1S/C12H14IN5O/c1-8-2-3-9(4-11(8)13)15-12(19)7-18-6-10(5-14)16-17-18/h2-4,6H,5,7,14H2,1H3,(H,15,19). The van der Waals surface area contributed by atoms with Crippen LogP contribution < -0.4 is 11.1 Å². The number of nitrogens with two attached hydrogens (primary N) is 1. The van der Waals surface area contributed by atoms with Gasteiger partial charge in [0.25, 0.3) is 0 Å². The van der Waals surface area contributed by atoms with Crippen LogP contribution in [-0.2, 0) is 17.9 Å². The Labute approximate surface area is 124 Å². The van der Waals surface area contributed by atoms with Crippen LogP contribution in [0.3, 0.4) is 0 Å². The minimum atomic E-state index is -0.145. The number of hydrogen-bond acceptors (Lipinski definition) is 4. The average Bonchev–Trinajstić information content (AvgIpc) is 2.81. The van der Waals surface area contributed by atoms with Crippen molar-refractivity contribution in [2.24, 2.45) is 5.73 Å². The van der Waals surface area contributed by atoms with Gasteiger partial charge in [0.05, 0.1) is 11.9 Å². The van der Waals surface area contributed by atoms with Gasteiger partial charge in [-0.2, -0.15) is 0 Å². The van der Waals surface area contributed by atoms with Crippen molar-refractivity contribution in [3.8, 4) is 0 Å². The summed E-state index contributed by atoms with van der Waals surface area (Å²) in [7, 11) is 0. The predicted octanol–water partition coefficient (Wildman–Crippen LogP) is 1.29. The first-order valence-corrected chi connectivity index (χ1v) is 6.81. The summed E-state index contributed by atoms with van der Waals surface area (Å²) < 4.78 is 2.58. The molecule has 0 atom stereocenters. The van der Waals surface area contributed by atoms with Crippen LogP contribution in [0.2, 0.25) is 0 Å². The molecule has 7 heteroatoms. The van der Waals surface area contributed by atoms with Gasteiger partial charge in [0, 0.05) is 15.8 Å². The maximum atomic E-state index is 11.8. The second kappa shape index (κ2) is 6.11. The molecule has 0 saturated heterocycles. The summed E-state index contributed by atoms with van der Waals surface area (Å²) >= 11 is 2.24. The van der Waals surface area contributed by atoms with Gasteiger partial charge in [-0.15, -0.1) is 5.10 Å². The Morgan fingerprint density at radius 3 is 2.95 bits per heavy atom. The summed E-state index contributed by atoms with van der Waals surface area (Å²) in [5.74, 6) is -0.145. The molecule has 0 fully saturated rings. The quantitative estimate of drug-likeness (QED) is 0.794. The van der Waals surface area contributed by atoms with Gasteiger partial charge >= 0.3 is 0 Å². The van der Waals surface area contributed by atoms with Crippen LogP contribution in [0.1, 0.15) is 11.3 Å². The van der Waals surface area contributed by atoms with E-state index in [-0.39, 0.29) is 12.5 Å². The third-order valence-corrected chi connectivity index (χ3v) is 3.72. The maximum Gasteiger partial charge on any atom is 0.246 e. The highest BCUT2D eigenvalue weighted by Crippen LogP contribution is 2.16. The van der Waals surface area contributed by atoms with Crippen LogP contribution in [-0.4, -0.2) is 20.9 Å². The van der Waals surface area contributed by atoms with Gasteiger partial charge in [0.1, 0.15) is 6.54 Å². The molecule has 2 aromatic rings. The molecule has 1 amide bonds. The van der Waals surface area contributed by atoms with Crippen molar-refractivity contribution in [3.63, 3.8) is 0 Å². The van der Waals surface area contributed by atoms with Crippen LogP contribution in [0.5, 0.6) is 0 Å². The number of amides is 1. The highest BCUT2D eigenvalue weighted by atomic mass is 127. The average molecular weight is 371 g/mol. The lowest BCUT2D eigenvalue weighted by Gasteiger charge is -2.06. The van der Waals surface area contributed by atoms with Gasteiger partial charge in [-0.05, 0) is 47.2 Å². The van der Waals surface area contributed by atoms with Gasteiger partial charge in [0.15, 0.2) is 0 Å². The molecule has 0 bridgehead atoms. The molecule has 1 aromatic carbocycles. The minimum Gasteiger partial charge on any atom is -0.325 e. The Bertz CT molecular complexity index is 596. The molecule has 0 radical (unpaired) electrons. The SMILES string of the molecule is Cc1ccc(NC(=O)Cn2cc(CN)nn2)cc1I. The number of aromatic nitrogens is 3. The summed E-state index contributed by atoms with van der Waals surface area (Å²) in [5, 5.41) is 10.5.